The lowest BCUT2D eigenvalue weighted by Crippen LogP contribution is -1.92. The third kappa shape index (κ3) is 2.42. The molecule has 0 bridgehead atoms. The molecule has 5 heteroatoms. The maximum Gasteiger partial charge on any atom is 0.167 e. The second-order valence-corrected chi connectivity index (χ2v) is 3.39. The van der Waals surface area contributed by atoms with E-state index in [1.165, 1.54) is 18.3 Å². The summed E-state index contributed by atoms with van der Waals surface area (Å²) in [4.78, 5) is 0. The standard InChI is InChI=1S/C12H10FN3O/c1-2-16-8-10(7-15-16)17-12-4-3-9(6-14)5-11(12)13/h3-5,7-8H,2H2,1H3. The van der Waals surface area contributed by atoms with Gasteiger partial charge in [-0.2, -0.15) is 10.4 Å². The number of nitriles is 1. The van der Waals surface area contributed by atoms with E-state index in [0.717, 1.165) is 12.6 Å². The molecule has 2 rings (SSSR count). The fourth-order valence-electron chi connectivity index (χ4n) is 1.35. The lowest BCUT2D eigenvalue weighted by atomic mass is 10.2. The second-order valence-electron chi connectivity index (χ2n) is 3.39. The van der Waals surface area contributed by atoms with Crippen LogP contribution in [0.1, 0.15) is 12.5 Å². The Morgan fingerprint density at radius 1 is 1.53 bits per heavy atom. The van der Waals surface area contributed by atoms with Gasteiger partial charge in [0.25, 0.3) is 0 Å². The third-order valence-electron chi connectivity index (χ3n) is 2.22. The van der Waals surface area contributed by atoms with Crippen molar-refractivity contribution in [1.29, 1.82) is 5.26 Å². The highest BCUT2D eigenvalue weighted by atomic mass is 19.1. The molecule has 0 aliphatic carbocycles. The molecule has 0 aliphatic rings. The summed E-state index contributed by atoms with van der Waals surface area (Å²) in [6.07, 6.45) is 3.19. The molecule has 0 atom stereocenters. The fourth-order valence-corrected chi connectivity index (χ4v) is 1.35. The van der Waals surface area contributed by atoms with E-state index in [1.807, 2.05) is 13.0 Å². The van der Waals surface area contributed by atoms with Gasteiger partial charge < -0.3 is 4.74 Å². The quantitative estimate of drug-likeness (QED) is 0.816. The largest absolute Gasteiger partial charge is 0.451 e. The van der Waals surface area contributed by atoms with E-state index in [4.69, 9.17) is 10.00 Å². The maximum absolute atomic E-state index is 13.5. The molecule has 0 amide bonds. The summed E-state index contributed by atoms with van der Waals surface area (Å²) in [6.45, 7) is 2.66. The molecule has 0 fully saturated rings. The smallest absolute Gasteiger partial charge is 0.167 e. The van der Waals surface area contributed by atoms with E-state index in [2.05, 4.69) is 5.10 Å². The average Bonchev–Trinajstić information content (AvgIpc) is 2.79. The highest BCUT2D eigenvalue weighted by molar-refractivity contribution is 5.37. The Morgan fingerprint density at radius 2 is 2.35 bits per heavy atom. The van der Waals surface area contributed by atoms with Crippen molar-refractivity contribution in [2.24, 2.45) is 0 Å². The van der Waals surface area contributed by atoms with Crippen molar-refractivity contribution >= 4 is 0 Å². The van der Waals surface area contributed by atoms with E-state index >= 15 is 0 Å². The first kappa shape index (κ1) is 11.1. The molecule has 1 aromatic heterocycles. The molecule has 1 heterocycles. The Balaban J connectivity index is 2.21. The summed E-state index contributed by atoms with van der Waals surface area (Å²) < 4.78 is 20.5. The van der Waals surface area contributed by atoms with Gasteiger partial charge in [-0.15, -0.1) is 0 Å². The summed E-state index contributed by atoms with van der Waals surface area (Å²) in [7, 11) is 0. The van der Waals surface area contributed by atoms with Gasteiger partial charge in [0.15, 0.2) is 17.3 Å². The predicted octanol–water partition coefficient (Wildman–Crippen LogP) is 2.71. The average molecular weight is 231 g/mol. The van der Waals surface area contributed by atoms with Crippen LogP contribution >= 0.6 is 0 Å². The van der Waals surface area contributed by atoms with Crippen molar-refractivity contribution in [3.8, 4) is 17.6 Å². The van der Waals surface area contributed by atoms with Gasteiger partial charge >= 0.3 is 0 Å². The second kappa shape index (κ2) is 4.66. The lowest BCUT2D eigenvalue weighted by Gasteiger charge is -2.03. The molecule has 17 heavy (non-hydrogen) atoms. The van der Waals surface area contributed by atoms with Gasteiger partial charge in [0.05, 0.1) is 24.0 Å². The van der Waals surface area contributed by atoms with Gasteiger partial charge in [0.1, 0.15) is 0 Å². The molecule has 0 spiro atoms. The van der Waals surface area contributed by atoms with E-state index in [1.54, 1.807) is 10.9 Å². The molecule has 2 aromatic rings. The van der Waals surface area contributed by atoms with E-state index in [-0.39, 0.29) is 11.3 Å². The Bertz CT molecular complexity index is 571. The number of benzene rings is 1. The third-order valence-corrected chi connectivity index (χ3v) is 2.22. The summed E-state index contributed by atoms with van der Waals surface area (Å²) in [5.41, 5.74) is 0.263. The van der Waals surface area contributed by atoms with Crippen molar-refractivity contribution in [1.82, 2.24) is 9.78 Å². The van der Waals surface area contributed by atoms with Gasteiger partial charge in [-0.05, 0) is 25.1 Å². The molecule has 0 saturated carbocycles. The van der Waals surface area contributed by atoms with Gasteiger partial charge in [-0.25, -0.2) is 4.39 Å². The van der Waals surface area contributed by atoms with Gasteiger partial charge in [0.2, 0.25) is 0 Å². The van der Waals surface area contributed by atoms with Crippen molar-refractivity contribution in [3.63, 3.8) is 0 Å². The molecule has 0 unspecified atom stereocenters. The van der Waals surface area contributed by atoms with E-state index < -0.39 is 5.82 Å². The van der Waals surface area contributed by atoms with E-state index in [9.17, 15) is 4.39 Å². The van der Waals surface area contributed by atoms with Crippen LogP contribution in [-0.2, 0) is 6.54 Å². The minimum absolute atomic E-state index is 0.0830. The molecule has 86 valence electrons. The Hall–Kier alpha value is -2.35. The van der Waals surface area contributed by atoms with Crippen molar-refractivity contribution in [2.75, 3.05) is 0 Å². The number of nitrogens with zero attached hydrogens (tertiary/aromatic N) is 3. The van der Waals surface area contributed by atoms with E-state index in [0.29, 0.717) is 5.75 Å². The number of ether oxygens (including phenoxy) is 1. The molecular weight excluding hydrogens is 221 g/mol. The van der Waals surface area contributed by atoms with Crippen molar-refractivity contribution < 1.29 is 9.13 Å². The van der Waals surface area contributed by atoms with Crippen LogP contribution in [0.4, 0.5) is 4.39 Å². The number of hydrogen-bond acceptors (Lipinski definition) is 3. The van der Waals surface area contributed by atoms with Gasteiger partial charge in [0, 0.05) is 6.54 Å². The monoisotopic (exact) mass is 231 g/mol. The van der Waals surface area contributed by atoms with Crippen LogP contribution < -0.4 is 4.74 Å². The molecule has 4 nitrogen and oxygen atoms in total. The van der Waals surface area contributed by atoms with Crippen molar-refractivity contribution in [2.45, 2.75) is 13.5 Å². The Kier molecular flexibility index (Phi) is 3.06. The Labute approximate surface area is 97.9 Å². The summed E-state index contributed by atoms with van der Waals surface area (Å²) in [6, 6.07) is 5.93. The molecule has 0 radical (unpaired) electrons. The van der Waals surface area contributed by atoms with Crippen LogP contribution in [-0.4, -0.2) is 9.78 Å². The van der Waals surface area contributed by atoms with Crippen LogP contribution in [0.5, 0.6) is 11.5 Å². The number of halogens is 1. The topological polar surface area (TPSA) is 50.8 Å². The molecule has 0 N–H and O–H groups in total. The summed E-state index contributed by atoms with van der Waals surface area (Å²) in [5, 5.41) is 12.6. The maximum atomic E-state index is 13.5. The van der Waals surface area contributed by atoms with Crippen molar-refractivity contribution in [3.05, 3.63) is 42.0 Å². The summed E-state index contributed by atoms with van der Waals surface area (Å²) >= 11 is 0. The minimum atomic E-state index is -0.562. The fraction of sp³-hybridized carbons (Fsp3) is 0.167. The van der Waals surface area contributed by atoms with Crippen LogP contribution in [0.2, 0.25) is 0 Å². The molecule has 0 aliphatic heterocycles. The zero-order valence-electron chi connectivity index (χ0n) is 9.22. The summed E-state index contributed by atoms with van der Waals surface area (Å²) in [5.74, 6) is -0.0107. The molecular formula is C12H10FN3O. The molecule has 1 aromatic carbocycles. The number of aryl methyl sites for hydroxylation is 1. The van der Waals surface area contributed by atoms with Crippen LogP contribution in [0.15, 0.2) is 30.6 Å². The number of rotatable bonds is 3. The minimum Gasteiger partial charge on any atom is -0.451 e. The Morgan fingerprint density at radius 3 is 2.94 bits per heavy atom. The first-order chi connectivity index (χ1) is 8.22. The predicted molar refractivity (Wildman–Crippen MR) is 59.1 cm³/mol. The highest BCUT2D eigenvalue weighted by Gasteiger charge is 2.07. The normalized spacial score (nSPS) is 9.94. The first-order valence-electron chi connectivity index (χ1n) is 5.13. The van der Waals surface area contributed by atoms with Crippen LogP contribution in [0.25, 0.3) is 0 Å². The highest BCUT2D eigenvalue weighted by Crippen LogP contribution is 2.24. The first-order valence-corrected chi connectivity index (χ1v) is 5.13. The molecule has 0 saturated heterocycles. The SMILES string of the molecule is CCn1cc(Oc2ccc(C#N)cc2F)cn1. The number of aromatic nitrogens is 2. The van der Waals surface area contributed by atoms with Gasteiger partial charge in [-0.3, -0.25) is 4.68 Å². The lowest BCUT2D eigenvalue weighted by molar-refractivity contribution is 0.441. The zero-order chi connectivity index (χ0) is 12.3. The zero-order valence-corrected chi connectivity index (χ0v) is 9.22. The number of hydrogen-bond donors (Lipinski definition) is 0. The van der Waals surface area contributed by atoms with Gasteiger partial charge in [-0.1, -0.05) is 0 Å². The van der Waals surface area contributed by atoms with Crippen LogP contribution in [0.3, 0.4) is 0 Å². The van der Waals surface area contributed by atoms with Crippen LogP contribution in [0, 0.1) is 17.1 Å².